The van der Waals surface area contributed by atoms with Gasteiger partial charge in [-0.25, -0.2) is 4.39 Å². The summed E-state index contributed by atoms with van der Waals surface area (Å²) in [4.78, 5) is 59.4. The number of fused-ring (bicyclic) bond motifs is 4. The number of carbonyl (C=O) groups is 4. The van der Waals surface area contributed by atoms with Gasteiger partial charge < -0.3 is 5.11 Å². The fourth-order valence-electron chi connectivity index (χ4n) is 8.60. The van der Waals surface area contributed by atoms with E-state index in [0.29, 0.717) is 42.6 Å². The molecule has 2 N–H and O–H groups in total. The number of phenolic OH excluding ortho intramolecular Hbond substituents is 1. The zero-order valence-corrected chi connectivity index (χ0v) is 29.1. The van der Waals surface area contributed by atoms with Crippen LogP contribution in [0.15, 0.2) is 107 Å². The molecule has 6 atom stereocenters. The summed E-state index contributed by atoms with van der Waals surface area (Å²) in [5, 5.41) is 13.4. The van der Waals surface area contributed by atoms with Gasteiger partial charge in [-0.2, -0.15) is 5.01 Å². The van der Waals surface area contributed by atoms with Gasteiger partial charge in [0.05, 0.1) is 34.5 Å². The first kappa shape index (κ1) is 32.7. The molecule has 12 heteroatoms. The molecule has 0 unspecified atom stereocenters. The molecule has 2 saturated heterocycles. The number of imide groups is 2. The molecule has 252 valence electrons. The number of halogens is 4. The molecule has 0 radical (unpaired) electrons. The van der Waals surface area contributed by atoms with Crippen molar-refractivity contribution in [2.45, 2.75) is 24.2 Å². The fraction of sp³-hybridized carbons (Fsp3) is 0.211. The highest BCUT2D eigenvalue weighted by atomic mass is 79.9. The Morgan fingerprint density at radius 2 is 1.48 bits per heavy atom. The number of carbonyl (C=O) groups excluding carboxylic acids is 4. The number of allylic oxidation sites excluding steroid dienone is 2. The summed E-state index contributed by atoms with van der Waals surface area (Å²) >= 11 is 16.0. The van der Waals surface area contributed by atoms with E-state index in [9.17, 15) is 23.9 Å². The second-order valence-corrected chi connectivity index (χ2v) is 14.9. The lowest BCUT2D eigenvalue weighted by molar-refractivity contribution is -0.138. The molecule has 4 amide bonds. The van der Waals surface area contributed by atoms with Gasteiger partial charge in [-0.15, -0.1) is 0 Å². The molecule has 0 aromatic heterocycles. The van der Waals surface area contributed by atoms with E-state index < -0.39 is 58.5 Å². The summed E-state index contributed by atoms with van der Waals surface area (Å²) in [6, 6.07) is 23.4. The minimum Gasteiger partial charge on any atom is -0.508 e. The van der Waals surface area contributed by atoms with E-state index >= 15 is 4.79 Å². The van der Waals surface area contributed by atoms with E-state index in [1.807, 2.05) is 6.08 Å². The number of phenols is 1. The molecule has 4 aromatic rings. The average Bonchev–Trinajstić information content (AvgIpc) is 3.48. The van der Waals surface area contributed by atoms with Crippen LogP contribution in [0.5, 0.6) is 5.75 Å². The lowest BCUT2D eigenvalue weighted by Crippen LogP contribution is -2.53. The number of aromatic hydroxyl groups is 1. The van der Waals surface area contributed by atoms with E-state index in [-0.39, 0.29) is 24.5 Å². The van der Waals surface area contributed by atoms with Crippen LogP contribution in [-0.2, 0) is 24.6 Å². The molecule has 4 aromatic carbocycles. The fourth-order valence-corrected chi connectivity index (χ4v) is 9.23. The van der Waals surface area contributed by atoms with Crippen LogP contribution in [0, 0.1) is 29.5 Å². The SMILES string of the molecule is O=C1[C@@H]2C[C@@H]3C(=CC[C@@H]4C(=O)N(c5ccc(Cl)cc5)C(=O)[C@@H]43)[C@H](c3cc(Br)ccc3O)[C@]2(c2ccc(Cl)cc2)C(=O)N1Nc1ccc(F)cc1. The minimum atomic E-state index is -1.61. The van der Waals surface area contributed by atoms with Crippen molar-refractivity contribution in [1.82, 2.24) is 5.01 Å². The third kappa shape index (κ3) is 4.83. The predicted octanol–water partition coefficient (Wildman–Crippen LogP) is 7.79. The van der Waals surface area contributed by atoms with Crippen LogP contribution in [-0.4, -0.2) is 33.7 Å². The number of anilines is 2. The molecule has 50 heavy (non-hydrogen) atoms. The second kappa shape index (κ2) is 12.1. The topological polar surface area (TPSA) is 107 Å². The highest BCUT2D eigenvalue weighted by Crippen LogP contribution is 2.65. The highest BCUT2D eigenvalue weighted by Gasteiger charge is 2.70. The zero-order chi connectivity index (χ0) is 35.1. The Hall–Kier alpha value is -4.51. The van der Waals surface area contributed by atoms with Crippen LogP contribution in [0.2, 0.25) is 10.0 Å². The van der Waals surface area contributed by atoms with Crippen molar-refractivity contribution in [2.24, 2.45) is 23.7 Å². The molecular formula is C38H27BrCl2FN3O5. The van der Waals surface area contributed by atoms with E-state index in [4.69, 9.17) is 23.2 Å². The molecule has 2 heterocycles. The van der Waals surface area contributed by atoms with Crippen molar-refractivity contribution >= 4 is 74.1 Å². The number of hydrazine groups is 1. The third-order valence-corrected chi connectivity index (χ3v) is 11.6. The molecular weight excluding hydrogens is 748 g/mol. The minimum absolute atomic E-state index is 0.0700. The first-order chi connectivity index (χ1) is 24.0. The monoisotopic (exact) mass is 773 g/mol. The average molecular weight is 775 g/mol. The standard InChI is InChI=1S/C38H27BrCl2FN3O5/c39-20-3-16-31(46)29(17-20)33-26-14-15-27-32(36(49)44(34(27)47)25-12-6-22(41)7-13-25)28(26)18-30-35(48)45(43-24-10-8-23(42)9-11-24)37(50)38(30,33)19-1-4-21(40)5-2-19/h1-14,16-17,27-28,30,32-33,43,46H,15,18H2/t27-,28+,30-,32-,33+,38+/m0/s1. The van der Waals surface area contributed by atoms with Gasteiger partial charge in [0.2, 0.25) is 11.8 Å². The van der Waals surface area contributed by atoms with Gasteiger partial charge >= 0.3 is 0 Å². The van der Waals surface area contributed by atoms with Crippen LogP contribution >= 0.6 is 39.1 Å². The quantitative estimate of drug-likeness (QED) is 0.159. The van der Waals surface area contributed by atoms with Crippen LogP contribution in [0.25, 0.3) is 0 Å². The van der Waals surface area contributed by atoms with Gasteiger partial charge in [0, 0.05) is 26.0 Å². The molecule has 0 bridgehead atoms. The Morgan fingerprint density at radius 1 is 0.820 bits per heavy atom. The third-order valence-electron chi connectivity index (χ3n) is 10.6. The molecule has 4 aliphatic rings. The number of benzene rings is 4. The molecule has 2 aliphatic heterocycles. The van der Waals surface area contributed by atoms with Gasteiger partial charge in [-0.3, -0.25) is 29.5 Å². The van der Waals surface area contributed by atoms with Gasteiger partial charge in [0.1, 0.15) is 11.6 Å². The van der Waals surface area contributed by atoms with Crippen LogP contribution in [0.4, 0.5) is 15.8 Å². The number of rotatable bonds is 5. The van der Waals surface area contributed by atoms with E-state index in [1.54, 1.807) is 60.7 Å². The summed E-state index contributed by atoms with van der Waals surface area (Å²) in [5.74, 6) is -6.57. The number of hydrogen-bond acceptors (Lipinski definition) is 6. The Balaban J connectivity index is 1.33. The first-order valence-electron chi connectivity index (χ1n) is 16.0. The lowest BCUT2D eigenvalue weighted by Gasteiger charge is -2.50. The van der Waals surface area contributed by atoms with Crippen LogP contribution in [0.1, 0.15) is 29.9 Å². The molecule has 2 aliphatic carbocycles. The summed E-state index contributed by atoms with van der Waals surface area (Å²) < 4.78 is 14.5. The van der Waals surface area contributed by atoms with Gasteiger partial charge in [0.25, 0.3) is 11.8 Å². The number of nitrogens with zero attached hydrogens (tertiary/aromatic N) is 2. The number of amides is 4. The van der Waals surface area contributed by atoms with Crippen molar-refractivity contribution < 1.29 is 28.7 Å². The maximum Gasteiger partial charge on any atom is 0.260 e. The predicted molar refractivity (Wildman–Crippen MR) is 189 cm³/mol. The Morgan fingerprint density at radius 3 is 2.16 bits per heavy atom. The maximum absolute atomic E-state index is 15.2. The maximum atomic E-state index is 15.2. The molecule has 1 saturated carbocycles. The van der Waals surface area contributed by atoms with Crippen molar-refractivity contribution in [2.75, 3.05) is 10.3 Å². The van der Waals surface area contributed by atoms with E-state index in [0.717, 1.165) is 5.01 Å². The highest BCUT2D eigenvalue weighted by molar-refractivity contribution is 9.10. The molecule has 0 spiro atoms. The van der Waals surface area contributed by atoms with Crippen molar-refractivity contribution in [3.63, 3.8) is 0 Å². The van der Waals surface area contributed by atoms with Crippen LogP contribution < -0.4 is 10.3 Å². The summed E-state index contributed by atoms with van der Waals surface area (Å²) in [6.45, 7) is 0. The summed E-state index contributed by atoms with van der Waals surface area (Å²) in [5.41, 5.74) is 3.58. The second-order valence-electron chi connectivity index (χ2n) is 13.1. The lowest BCUT2D eigenvalue weighted by atomic mass is 9.49. The van der Waals surface area contributed by atoms with Crippen molar-refractivity contribution in [3.8, 4) is 5.75 Å². The number of nitrogens with one attached hydrogen (secondary N) is 1. The molecule has 3 fully saturated rings. The first-order valence-corrected chi connectivity index (χ1v) is 17.5. The van der Waals surface area contributed by atoms with Crippen molar-refractivity contribution in [3.05, 3.63) is 134 Å². The Bertz CT molecular complexity index is 2130. The molecule has 8 rings (SSSR count). The smallest absolute Gasteiger partial charge is 0.260 e. The van der Waals surface area contributed by atoms with Gasteiger partial charge in [-0.05, 0) is 103 Å². The largest absolute Gasteiger partial charge is 0.508 e. The Kier molecular flexibility index (Phi) is 7.89. The van der Waals surface area contributed by atoms with Crippen molar-refractivity contribution in [1.29, 1.82) is 0 Å². The zero-order valence-electron chi connectivity index (χ0n) is 26.0. The molecule has 8 nitrogen and oxygen atoms in total. The van der Waals surface area contributed by atoms with Gasteiger partial charge in [-0.1, -0.05) is 62.9 Å². The van der Waals surface area contributed by atoms with Gasteiger partial charge in [0.15, 0.2) is 0 Å². The van der Waals surface area contributed by atoms with E-state index in [2.05, 4.69) is 21.4 Å². The van der Waals surface area contributed by atoms with E-state index in [1.165, 1.54) is 35.2 Å². The summed E-state index contributed by atoms with van der Waals surface area (Å²) in [6.07, 6.45) is 2.20. The number of hydrogen-bond donors (Lipinski definition) is 2. The van der Waals surface area contributed by atoms with Crippen LogP contribution in [0.3, 0.4) is 0 Å². The summed E-state index contributed by atoms with van der Waals surface area (Å²) in [7, 11) is 0. The Labute approximate surface area is 304 Å². The normalized spacial score (nSPS) is 27.2.